The molecule has 0 unspecified atom stereocenters. The average molecular weight is 393 g/mol. The molecule has 8 nitrogen and oxygen atoms in total. The van der Waals surface area contributed by atoms with Crippen LogP contribution >= 0.6 is 26.0 Å². The van der Waals surface area contributed by atoms with Gasteiger partial charge in [-0.15, -0.1) is 13.2 Å². The van der Waals surface area contributed by atoms with Gasteiger partial charge in [-0.25, -0.2) is 9.13 Å². The first-order chi connectivity index (χ1) is 10.9. The van der Waals surface area contributed by atoms with Crippen LogP contribution in [0.25, 0.3) is 0 Å². The van der Waals surface area contributed by atoms with Crippen LogP contribution in [-0.2, 0) is 31.7 Å². The molecule has 0 aromatic rings. The second kappa shape index (κ2) is 13.3. The minimum absolute atomic E-state index is 0.226. The van der Waals surface area contributed by atoms with E-state index in [2.05, 4.69) is 22.2 Å². The summed E-state index contributed by atoms with van der Waals surface area (Å²) in [6.07, 6.45) is 4.72. The van der Waals surface area contributed by atoms with Crippen LogP contribution in [0.3, 0.4) is 0 Å². The highest BCUT2D eigenvalue weighted by molar-refractivity contribution is 7.81. The van der Waals surface area contributed by atoms with Crippen molar-refractivity contribution in [1.82, 2.24) is 0 Å². The minimum atomic E-state index is -3.15. The number of aliphatic hydroxyl groups excluding tert-OH is 1. The fourth-order valence-corrected chi connectivity index (χ4v) is 3.30. The molecular weight excluding hydrogens is 370 g/mol. The molecule has 0 aliphatic carbocycles. The molecule has 2 heterocycles. The number of hydrogen-bond donors (Lipinski definition) is 1. The van der Waals surface area contributed by atoms with Crippen molar-refractivity contribution in [2.24, 2.45) is 0 Å². The van der Waals surface area contributed by atoms with Crippen molar-refractivity contribution < 1.29 is 36.9 Å². The van der Waals surface area contributed by atoms with Gasteiger partial charge >= 0.3 is 14.8 Å². The van der Waals surface area contributed by atoms with Gasteiger partial charge < -0.3 is 5.11 Å². The van der Waals surface area contributed by atoms with Crippen molar-refractivity contribution in [3.05, 3.63) is 25.3 Å². The number of halogens is 1. The fourth-order valence-electron chi connectivity index (χ4n) is 1.08. The molecule has 0 spiro atoms. The van der Waals surface area contributed by atoms with Gasteiger partial charge in [0.25, 0.3) is 0 Å². The SMILES string of the molecule is C=CCCO.C=CCCOP1(=O)OCCO1.O=P1(Cl)OCCO1. The molecule has 0 atom stereocenters. The third-order valence-corrected chi connectivity index (χ3v) is 5.12. The molecular formula is C12H23ClO8P2. The fraction of sp³-hybridized carbons (Fsp3) is 0.667. The van der Waals surface area contributed by atoms with Crippen molar-refractivity contribution in [2.45, 2.75) is 12.8 Å². The van der Waals surface area contributed by atoms with E-state index < -0.39 is 14.8 Å². The molecule has 0 aromatic carbocycles. The van der Waals surface area contributed by atoms with Crippen LogP contribution in [0.15, 0.2) is 25.3 Å². The van der Waals surface area contributed by atoms with E-state index in [1.54, 1.807) is 12.2 Å². The highest BCUT2D eigenvalue weighted by Crippen LogP contribution is 2.56. The van der Waals surface area contributed by atoms with Crippen LogP contribution in [0.4, 0.5) is 0 Å². The summed E-state index contributed by atoms with van der Waals surface area (Å²) >= 11 is 5.08. The summed E-state index contributed by atoms with van der Waals surface area (Å²) < 4.78 is 44.8. The highest BCUT2D eigenvalue weighted by atomic mass is 35.7. The van der Waals surface area contributed by atoms with E-state index in [9.17, 15) is 9.13 Å². The van der Waals surface area contributed by atoms with Crippen molar-refractivity contribution >= 4 is 26.0 Å². The minimum Gasteiger partial charge on any atom is -0.396 e. The normalized spacial score (nSPS) is 20.6. The molecule has 136 valence electrons. The van der Waals surface area contributed by atoms with E-state index in [0.29, 0.717) is 45.9 Å². The molecule has 23 heavy (non-hydrogen) atoms. The van der Waals surface area contributed by atoms with Crippen LogP contribution in [0.2, 0.25) is 0 Å². The Labute approximate surface area is 141 Å². The van der Waals surface area contributed by atoms with E-state index in [-0.39, 0.29) is 6.61 Å². The number of phosphoric ester groups is 1. The lowest BCUT2D eigenvalue weighted by Gasteiger charge is -2.07. The van der Waals surface area contributed by atoms with Crippen molar-refractivity contribution in [3.8, 4) is 0 Å². The molecule has 2 fully saturated rings. The van der Waals surface area contributed by atoms with Gasteiger partial charge in [-0.1, -0.05) is 12.2 Å². The summed E-state index contributed by atoms with van der Waals surface area (Å²) in [6, 6.07) is 0. The largest absolute Gasteiger partial charge is 0.474 e. The Morgan fingerprint density at radius 1 is 1.00 bits per heavy atom. The Morgan fingerprint density at radius 3 is 1.78 bits per heavy atom. The average Bonchev–Trinajstić information content (AvgIpc) is 3.10. The number of aliphatic hydroxyl groups is 1. The smallest absolute Gasteiger partial charge is 0.396 e. The van der Waals surface area contributed by atoms with Gasteiger partial charge in [0.2, 0.25) is 0 Å². The van der Waals surface area contributed by atoms with Gasteiger partial charge in [0.15, 0.2) is 0 Å². The summed E-state index contributed by atoms with van der Waals surface area (Å²) in [5.74, 6) is 0. The quantitative estimate of drug-likeness (QED) is 0.415. The second-order valence-electron chi connectivity index (χ2n) is 3.92. The Bertz CT molecular complexity index is 411. The maximum Gasteiger partial charge on any atom is 0.474 e. The number of rotatable bonds is 6. The van der Waals surface area contributed by atoms with Gasteiger partial charge in [-0.05, 0) is 12.8 Å². The Hall–Kier alpha value is -0.0100. The monoisotopic (exact) mass is 392 g/mol. The molecule has 1 N–H and O–H groups in total. The Balaban J connectivity index is 0.000000347. The summed E-state index contributed by atoms with van der Waals surface area (Å²) in [5, 5.41) is 8.00. The summed E-state index contributed by atoms with van der Waals surface area (Å²) in [4.78, 5) is 0. The molecule has 0 amide bonds. The van der Waals surface area contributed by atoms with Crippen molar-refractivity contribution in [3.63, 3.8) is 0 Å². The van der Waals surface area contributed by atoms with Crippen LogP contribution in [0, 0.1) is 0 Å². The first-order valence-corrected chi connectivity index (χ1v) is 10.7. The van der Waals surface area contributed by atoms with Crippen molar-refractivity contribution in [1.29, 1.82) is 0 Å². The lowest BCUT2D eigenvalue weighted by molar-refractivity contribution is 0.193. The standard InChI is InChI=1S/C6H11O4P.C4H8O.C2H4ClO3P/c1-2-3-4-8-11(7)9-5-6-10-11;1-2-3-4-5;3-7(4)5-1-2-6-7/h2H,1,3-6H2;2,5H,1,3-4H2;1-2H2. The molecule has 11 heteroatoms. The van der Waals surface area contributed by atoms with E-state index in [1.165, 1.54) is 0 Å². The van der Waals surface area contributed by atoms with Gasteiger partial charge in [0.05, 0.1) is 33.0 Å². The molecule has 2 aliphatic heterocycles. The van der Waals surface area contributed by atoms with E-state index in [1.807, 2.05) is 0 Å². The third kappa shape index (κ3) is 13.0. The topological polar surface area (TPSA) is 101 Å². The lowest BCUT2D eigenvalue weighted by atomic mass is 10.5. The Morgan fingerprint density at radius 2 is 1.48 bits per heavy atom. The van der Waals surface area contributed by atoms with Crippen LogP contribution in [0.1, 0.15) is 12.8 Å². The zero-order valence-corrected chi connectivity index (χ0v) is 15.3. The maximum absolute atomic E-state index is 11.2. The summed E-state index contributed by atoms with van der Waals surface area (Å²) in [5.41, 5.74) is 0. The molecule has 0 aromatic heterocycles. The molecule has 0 bridgehead atoms. The van der Waals surface area contributed by atoms with Crippen LogP contribution in [0.5, 0.6) is 0 Å². The molecule has 0 saturated carbocycles. The lowest BCUT2D eigenvalue weighted by Crippen LogP contribution is -1.91. The molecule has 2 aliphatic rings. The predicted molar refractivity (Wildman–Crippen MR) is 87.5 cm³/mol. The second-order valence-corrected chi connectivity index (χ2v) is 8.21. The molecule has 2 saturated heterocycles. The summed E-state index contributed by atoms with van der Waals surface area (Å²) in [6.45, 7) is 5.78. The van der Waals surface area contributed by atoms with Gasteiger partial charge in [0.1, 0.15) is 0 Å². The predicted octanol–water partition coefficient (Wildman–Crippen LogP) is 3.67. The maximum atomic E-state index is 11.2. The zero-order valence-electron chi connectivity index (χ0n) is 12.8. The summed E-state index contributed by atoms with van der Waals surface area (Å²) in [7, 11) is -3.15. The van der Waals surface area contributed by atoms with E-state index in [0.717, 1.165) is 0 Å². The third-order valence-electron chi connectivity index (χ3n) is 2.06. The molecule has 0 radical (unpaired) electrons. The van der Waals surface area contributed by atoms with Crippen LogP contribution < -0.4 is 0 Å². The van der Waals surface area contributed by atoms with Crippen molar-refractivity contribution in [2.75, 3.05) is 39.6 Å². The van der Waals surface area contributed by atoms with E-state index >= 15 is 0 Å². The number of phosphoric acid groups is 1. The van der Waals surface area contributed by atoms with Gasteiger partial charge in [0, 0.05) is 17.8 Å². The zero-order chi connectivity index (χ0) is 17.6. The number of hydrogen-bond acceptors (Lipinski definition) is 8. The van der Waals surface area contributed by atoms with Gasteiger partial charge in [-0.2, -0.15) is 0 Å². The van der Waals surface area contributed by atoms with Gasteiger partial charge in [-0.3, -0.25) is 22.6 Å². The van der Waals surface area contributed by atoms with E-state index in [4.69, 9.17) is 29.9 Å². The highest BCUT2D eigenvalue weighted by Gasteiger charge is 2.31. The molecule has 2 rings (SSSR count). The first-order valence-electron chi connectivity index (χ1n) is 6.84. The van der Waals surface area contributed by atoms with Crippen LogP contribution in [-0.4, -0.2) is 44.7 Å². The first kappa shape index (κ1) is 23.0. The Kier molecular flexibility index (Phi) is 13.3.